The van der Waals surface area contributed by atoms with Gasteiger partial charge in [-0.05, 0) is 57.6 Å². The number of aliphatic hydroxyl groups is 1. The van der Waals surface area contributed by atoms with Gasteiger partial charge in [0.15, 0.2) is 5.72 Å². The molecule has 15 heteroatoms. The Morgan fingerprint density at radius 3 is 2.57 bits per heavy atom. The van der Waals surface area contributed by atoms with Gasteiger partial charge < -0.3 is 38.6 Å². The number of epoxide rings is 1. The van der Waals surface area contributed by atoms with Crippen LogP contribution in [-0.4, -0.2) is 109 Å². The van der Waals surface area contributed by atoms with Crippen molar-refractivity contribution < 1.29 is 48.0 Å². The van der Waals surface area contributed by atoms with Crippen LogP contribution in [0.1, 0.15) is 59.4 Å². The van der Waals surface area contributed by atoms with E-state index in [1.807, 2.05) is 13.0 Å². The Balaban J connectivity index is 1.82. The first-order valence-electron chi connectivity index (χ1n) is 16.8. The van der Waals surface area contributed by atoms with Crippen LogP contribution in [0.3, 0.4) is 0 Å². The number of carbonyl (C=O) groups excluding carboxylic acids is 4. The Kier molecular flexibility index (Phi) is 12.5. The highest BCUT2D eigenvalue weighted by Gasteiger charge is 2.69. The van der Waals surface area contributed by atoms with E-state index in [9.17, 15) is 24.3 Å². The number of esters is 1. The number of methoxy groups -OCH3 is 2. The summed E-state index contributed by atoms with van der Waals surface area (Å²) in [5.74, 6) is -1.36. The van der Waals surface area contributed by atoms with Crippen molar-refractivity contribution >= 4 is 53.8 Å². The smallest absolute Gasteiger partial charge is 0.409 e. The summed E-state index contributed by atoms with van der Waals surface area (Å²) >= 11 is 10.9. The minimum atomic E-state index is -1.83. The van der Waals surface area contributed by atoms with Crippen molar-refractivity contribution in [2.75, 3.05) is 39.0 Å². The molecule has 2 N–H and O–H groups in total. The number of anilines is 1. The Morgan fingerprint density at radius 2 is 1.94 bits per heavy atom. The number of nitrogens with zero attached hydrogens (tertiary/aromatic N) is 2. The predicted octanol–water partition coefficient (Wildman–Crippen LogP) is 4.22. The minimum absolute atomic E-state index is 0.0568. The number of benzene rings is 1. The maximum Gasteiger partial charge on any atom is 0.409 e. The summed E-state index contributed by atoms with van der Waals surface area (Å²) < 4.78 is 29.4. The fourth-order valence-electron chi connectivity index (χ4n) is 6.76. The third-order valence-corrected chi connectivity index (χ3v) is 11.0. The highest BCUT2D eigenvalue weighted by atomic mass is 35.5. The maximum atomic E-state index is 14.2. The van der Waals surface area contributed by atoms with E-state index >= 15 is 0 Å². The van der Waals surface area contributed by atoms with Gasteiger partial charge in [0.2, 0.25) is 11.8 Å². The molecule has 13 nitrogen and oxygen atoms in total. The zero-order valence-corrected chi connectivity index (χ0v) is 32.3. The lowest BCUT2D eigenvalue weighted by Gasteiger charge is -2.42. The van der Waals surface area contributed by atoms with Crippen molar-refractivity contribution in [1.29, 1.82) is 0 Å². The van der Waals surface area contributed by atoms with E-state index < -0.39 is 65.2 Å². The second kappa shape index (κ2) is 15.7. The SMILES string of the molecule is COc1cc2cc(c1Cl)N(C)C(=O)C[C@@](C)(OC(=O)[C@H](C)N(C)C(=O)CCS)[C@]1(C)O[C@H]1[C@H](C)[C@@H]1C[C@@](O)(NC(=O)O1)[C@H](OC)/C=C/C=C(\C)C2. The van der Waals surface area contributed by atoms with Crippen LogP contribution in [0.5, 0.6) is 5.75 Å². The van der Waals surface area contributed by atoms with Gasteiger partial charge in [0.25, 0.3) is 0 Å². The third kappa shape index (κ3) is 8.35. The number of amides is 3. The highest BCUT2D eigenvalue weighted by Crippen LogP contribution is 2.54. The monoisotopic (exact) mass is 751 g/mol. The van der Waals surface area contributed by atoms with Crippen molar-refractivity contribution in [2.24, 2.45) is 5.92 Å². The first-order valence-corrected chi connectivity index (χ1v) is 17.8. The van der Waals surface area contributed by atoms with Gasteiger partial charge in [-0.1, -0.05) is 42.3 Å². The summed E-state index contributed by atoms with van der Waals surface area (Å²) in [6.07, 6.45) is 2.10. The normalized spacial score (nSPS) is 33.4. The highest BCUT2D eigenvalue weighted by molar-refractivity contribution is 7.80. The predicted molar refractivity (Wildman–Crippen MR) is 194 cm³/mol. The van der Waals surface area contributed by atoms with Crippen LogP contribution in [0.25, 0.3) is 0 Å². The first kappa shape index (κ1) is 40.5. The van der Waals surface area contributed by atoms with Crippen LogP contribution in [0.4, 0.5) is 10.5 Å². The molecule has 0 aromatic heterocycles. The van der Waals surface area contributed by atoms with Gasteiger partial charge in [-0.25, -0.2) is 9.59 Å². The molecule has 4 rings (SSSR count). The molecule has 0 spiro atoms. The molecule has 282 valence electrons. The molecule has 3 aliphatic heterocycles. The van der Waals surface area contributed by atoms with Crippen molar-refractivity contribution in [3.63, 3.8) is 0 Å². The molecule has 1 aromatic rings. The average Bonchev–Trinajstić information content (AvgIpc) is 3.78. The average molecular weight is 752 g/mol. The van der Waals surface area contributed by atoms with Gasteiger partial charge in [0.1, 0.15) is 40.2 Å². The van der Waals surface area contributed by atoms with E-state index in [4.69, 9.17) is 35.3 Å². The van der Waals surface area contributed by atoms with Gasteiger partial charge in [-0.2, -0.15) is 12.6 Å². The van der Waals surface area contributed by atoms with Crippen LogP contribution in [0.2, 0.25) is 5.02 Å². The van der Waals surface area contributed by atoms with Crippen LogP contribution in [-0.2, 0) is 39.8 Å². The number of alkyl carbamates (subject to hydrolysis) is 1. The second-order valence-corrected chi connectivity index (χ2v) is 14.8. The van der Waals surface area contributed by atoms with Crippen LogP contribution in [0, 0.1) is 5.92 Å². The third-order valence-electron chi connectivity index (χ3n) is 10.4. The molecular formula is C36H50ClN3O10S. The molecule has 2 saturated heterocycles. The Hall–Kier alpha value is -3.30. The lowest BCUT2D eigenvalue weighted by atomic mass is 9.78. The maximum absolute atomic E-state index is 14.2. The first-order chi connectivity index (χ1) is 23.8. The molecule has 3 heterocycles. The number of fused-ring (bicyclic) bond motifs is 5. The summed E-state index contributed by atoms with van der Waals surface area (Å²) in [6, 6.07) is 2.58. The van der Waals surface area contributed by atoms with E-state index in [1.54, 1.807) is 59.0 Å². The molecule has 8 atom stereocenters. The second-order valence-electron chi connectivity index (χ2n) is 14.0. The number of hydrogen-bond acceptors (Lipinski definition) is 11. The van der Waals surface area contributed by atoms with Crippen LogP contribution >= 0.6 is 24.2 Å². The lowest BCUT2D eigenvalue weighted by Crippen LogP contribution is -2.63. The van der Waals surface area contributed by atoms with E-state index in [0.717, 1.165) is 11.1 Å². The number of carbonyl (C=O) groups is 4. The lowest BCUT2D eigenvalue weighted by molar-refractivity contribution is -0.174. The molecule has 0 unspecified atom stereocenters. The number of hydrogen-bond donors (Lipinski definition) is 3. The number of halogens is 1. The van der Waals surface area contributed by atoms with E-state index in [0.29, 0.717) is 23.6 Å². The number of likely N-dealkylation sites (N-methyl/N-ethyl adjacent to an activating group) is 1. The van der Waals surface area contributed by atoms with E-state index in [2.05, 4.69) is 17.9 Å². The zero-order valence-electron chi connectivity index (χ0n) is 30.7. The van der Waals surface area contributed by atoms with Gasteiger partial charge in [0.05, 0.1) is 25.3 Å². The van der Waals surface area contributed by atoms with Crippen molar-refractivity contribution in [3.05, 3.63) is 46.5 Å². The quantitative estimate of drug-likeness (QED) is 0.210. The van der Waals surface area contributed by atoms with Crippen LogP contribution in [0.15, 0.2) is 35.9 Å². The summed E-state index contributed by atoms with van der Waals surface area (Å²) in [6.45, 7) is 8.59. The fraction of sp³-hybridized carbons (Fsp3) is 0.611. The molecule has 2 fully saturated rings. The van der Waals surface area contributed by atoms with Gasteiger partial charge in [0, 0.05) is 40.0 Å². The van der Waals surface area contributed by atoms with Gasteiger partial charge >= 0.3 is 12.1 Å². The number of nitrogens with one attached hydrogen (secondary N) is 1. The summed E-state index contributed by atoms with van der Waals surface area (Å²) in [5, 5.41) is 14.5. The number of ether oxygens (including phenoxy) is 5. The van der Waals surface area contributed by atoms with E-state index in [1.165, 1.54) is 31.1 Å². The Morgan fingerprint density at radius 1 is 1.25 bits per heavy atom. The summed E-state index contributed by atoms with van der Waals surface area (Å²) in [4.78, 5) is 56.2. The summed E-state index contributed by atoms with van der Waals surface area (Å²) in [7, 11) is 5.99. The number of thiol groups is 1. The molecule has 3 aliphatic rings. The fourth-order valence-corrected chi connectivity index (χ4v) is 7.26. The molecule has 51 heavy (non-hydrogen) atoms. The van der Waals surface area contributed by atoms with Crippen molar-refractivity contribution in [3.8, 4) is 5.75 Å². The van der Waals surface area contributed by atoms with Gasteiger partial charge in [-0.15, -0.1) is 0 Å². The molecular weight excluding hydrogens is 702 g/mol. The number of allylic oxidation sites excluding steroid dienone is 3. The Labute approximate surface area is 310 Å². The van der Waals surface area contributed by atoms with Gasteiger partial charge in [-0.3, -0.25) is 14.9 Å². The topological polar surface area (TPSA) is 156 Å². The molecule has 0 radical (unpaired) electrons. The molecule has 4 bridgehead atoms. The summed E-state index contributed by atoms with van der Waals surface area (Å²) in [5.41, 5.74) is -2.59. The van der Waals surface area contributed by atoms with Crippen LogP contribution < -0.4 is 15.0 Å². The van der Waals surface area contributed by atoms with Crippen molar-refractivity contribution in [1.82, 2.24) is 10.2 Å². The number of rotatable bonds is 7. The zero-order chi connectivity index (χ0) is 38.1. The molecule has 0 aliphatic carbocycles. The minimum Gasteiger partial charge on any atom is -0.495 e. The molecule has 1 aromatic carbocycles. The molecule has 0 saturated carbocycles. The molecule has 3 amide bonds. The largest absolute Gasteiger partial charge is 0.495 e. The Bertz CT molecular complexity index is 1590. The van der Waals surface area contributed by atoms with Crippen molar-refractivity contribution in [2.45, 2.75) is 102 Å². The van der Waals surface area contributed by atoms with E-state index in [-0.39, 0.29) is 30.2 Å². The standard InChI is InChI=1S/C36H50ClN3O10S/c1-20-11-10-12-27(47-9)36(45)18-26(48-33(44)38-36)21(2)31-35(5,49-31)34(4,50-32(43)22(3)39(6)28(41)13-14-51)19-29(42)40(7)24-16-23(15-20)17-25(46-8)30(24)37/h10-12,16-17,21-22,26-27,31,45,51H,13-15,18-19H2,1-9H3,(H,38,44)/b12-10+,20-11+/t21-,22+,26+,27-,31+,34-,35-,36+/m1/s1.